The summed E-state index contributed by atoms with van der Waals surface area (Å²) < 4.78 is 0. The standard InChI is InChI=1S/C16H29N5/c1-5-7-14-18-15(17-8-6-2)11-16(19-14)21-10-9-20(4)13(3)12-21/h11,13H,5-10,12H2,1-4H3,(H,17,18,19). The lowest BCUT2D eigenvalue weighted by molar-refractivity contribution is 0.233. The first-order chi connectivity index (χ1) is 10.1. The molecule has 1 aromatic heterocycles. The molecule has 1 aromatic rings. The van der Waals surface area contributed by atoms with Gasteiger partial charge in [0.05, 0.1) is 0 Å². The van der Waals surface area contributed by atoms with Gasteiger partial charge >= 0.3 is 0 Å². The molecule has 0 aromatic carbocycles. The quantitative estimate of drug-likeness (QED) is 0.872. The van der Waals surface area contributed by atoms with E-state index < -0.39 is 0 Å². The third kappa shape index (κ3) is 4.30. The summed E-state index contributed by atoms with van der Waals surface area (Å²) in [6.07, 6.45) is 3.13. The van der Waals surface area contributed by atoms with E-state index in [0.717, 1.165) is 62.9 Å². The van der Waals surface area contributed by atoms with Crippen LogP contribution in [-0.2, 0) is 6.42 Å². The summed E-state index contributed by atoms with van der Waals surface area (Å²) in [5.41, 5.74) is 0. The zero-order valence-electron chi connectivity index (χ0n) is 13.9. The Labute approximate surface area is 128 Å². The predicted molar refractivity (Wildman–Crippen MR) is 89.1 cm³/mol. The van der Waals surface area contributed by atoms with Crippen LogP contribution in [0.2, 0.25) is 0 Å². The van der Waals surface area contributed by atoms with E-state index in [2.05, 4.69) is 54.0 Å². The van der Waals surface area contributed by atoms with E-state index in [9.17, 15) is 0 Å². The SMILES string of the molecule is CCCNc1cc(N2CCN(C)C(C)C2)nc(CCC)n1. The van der Waals surface area contributed by atoms with E-state index in [-0.39, 0.29) is 0 Å². The maximum atomic E-state index is 4.77. The number of piperazine rings is 1. The van der Waals surface area contributed by atoms with Gasteiger partial charge in [-0.05, 0) is 26.8 Å². The molecule has 0 bridgehead atoms. The normalized spacial score (nSPS) is 19.8. The highest BCUT2D eigenvalue weighted by Gasteiger charge is 2.22. The maximum Gasteiger partial charge on any atom is 0.134 e. The van der Waals surface area contributed by atoms with Gasteiger partial charge in [0.2, 0.25) is 0 Å². The Morgan fingerprint density at radius 1 is 1.24 bits per heavy atom. The molecule has 2 rings (SSSR count). The summed E-state index contributed by atoms with van der Waals surface area (Å²) in [7, 11) is 2.19. The number of rotatable bonds is 6. The van der Waals surface area contributed by atoms with Gasteiger partial charge in [-0.2, -0.15) is 0 Å². The van der Waals surface area contributed by atoms with Gasteiger partial charge in [0, 0.05) is 44.7 Å². The summed E-state index contributed by atoms with van der Waals surface area (Å²) in [4.78, 5) is 14.2. The van der Waals surface area contributed by atoms with Crippen LogP contribution in [-0.4, -0.2) is 54.1 Å². The molecule has 21 heavy (non-hydrogen) atoms. The molecule has 0 saturated carbocycles. The van der Waals surface area contributed by atoms with Crippen LogP contribution < -0.4 is 10.2 Å². The summed E-state index contributed by atoms with van der Waals surface area (Å²) >= 11 is 0. The van der Waals surface area contributed by atoms with Crippen molar-refractivity contribution >= 4 is 11.6 Å². The molecule has 2 heterocycles. The molecular formula is C16H29N5. The zero-order chi connectivity index (χ0) is 15.2. The molecule has 118 valence electrons. The van der Waals surface area contributed by atoms with Gasteiger partial charge in [0.15, 0.2) is 0 Å². The monoisotopic (exact) mass is 291 g/mol. The molecule has 1 aliphatic heterocycles. The smallest absolute Gasteiger partial charge is 0.134 e. The zero-order valence-corrected chi connectivity index (χ0v) is 13.9. The van der Waals surface area contributed by atoms with Crippen LogP contribution in [0.4, 0.5) is 11.6 Å². The van der Waals surface area contributed by atoms with Gasteiger partial charge in [0.1, 0.15) is 17.5 Å². The third-order valence-electron chi connectivity index (χ3n) is 4.07. The van der Waals surface area contributed by atoms with Gasteiger partial charge in [-0.15, -0.1) is 0 Å². The lowest BCUT2D eigenvalue weighted by Crippen LogP contribution is -2.50. The number of hydrogen-bond acceptors (Lipinski definition) is 5. The van der Waals surface area contributed by atoms with Gasteiger partial charge < -0.3 is 15.1 Å². The highest BCUT2D eigenvalue weighted by atomic mass is 15.3. The molecule has 0 radical (unpaired) electrons. The number of anilines is 2. The van der Waals surface area contributed by atoms with Crippen LogP contribution in [0.5, 0.6) is 0 Å². The van der Waals surface area contributed by atoms with Crippen LogP contribution in [0.1, 0.15) is 39.4 Å². The average Bonchev–Trinajstić information content (AvgIpc) is 2.48. The molecule has 0 spiro atoms. The minimum Gasteiger partial charge on any atom is -0.370 e. The molecule has 1 atom stereocenters. The molecule has 5 heteroatoms. The van der Waals surface area contributed by atoms with Crippen molar-refractivity contribution in [3.05, 3.63) is 11.9 Å². The lowest BCUT2D eigenvalue weighted by Gasteiger charge is -2.38. The van der Waals surface area contributed by atoms with E-state index in [4.69, 9.17) is 4.98 Å². The molecule has 0 aliphatic carbocycles. The van der Waals surface area contributed by atoms with Crippen LogP contribution in [0.15, 0.2) is 6.07 Å². The second kappa shape index (κ2) is 7.59. The average molecular weight is 291 g/mol. The Bertz CT molecular complexity index is 448. The molecular weight excluding hydrogens is 262 g/mol. The number of likely N-dealkylation sites (N-methyl/N-ethyl adjacent to an activating group) is 1. The van der Waals surface area contributed by atoms with Crippen molar-refractivity contribution in [1.82, 2.24) is 14.9 Å². The number of aryl methyl sites for hydroxylation is 1. The van der Waals surface area contributed by atoms with E-state index in [1.54, 1.807) is 0 Å². The number of nitrogens with one attached hydrogen (secondary N) is 1. The Balaban J connectivity index is 2.18. The molecule has 1 N–H and O–H groups in total. The lowest BCUT2D eigenvalue weighted by atomic mass is 10.2. The molecule has 1 saturated heterocycles. The third-order valence-corrected chi connectivity index (χ3v) is 4.07. The minimum atomic E-state index is 0.565. The topological polar surface area (TPSA) is 44.3 Å². The van der Waals surface area contributed by atoms with Crippen molar-refractivity contribution in [2.75, 3.05) is 43.4 Å². The predicted octanol–water partition coefficient (Wildman–Crippen LogP) is 2.39. The first-order valence-corrected chi connectivity index (χ1v) is 8.21. The summed E-state index contributed by atoms with van der Waals surface area (Å²) in [5.74, 6) is 3.00. The van der Waals surface area contributed by atoms with Gasteiger partial charge in [-0.3, -0.25) is 0 Å². The molecule has 0 amide bonds. The van der Waals surface area contributed by atoms with E-state index >= 15 is 0 Å². The summed E-state index contributed by atoms with van der Waals surface area (Å²) in [6, 6.07) is 2.67. The fourth-order valence-electron chi connectivity index (χ4n) is 2.58. The fraction of sp³-hybridized carbons (Fsp3) is 0.750. The molecule has 1 fully saturated rings. The fourth-order valence-corrected chi connectivity index (χ4v) is 2.58. The Morgan fingerprint density at radius 3 is 2.71 bits per heavy atom. The summed E-state index contributed by atoms with van der Waals surface area (Å²) in [5, 5.41) is 3.40. The van der Waals surface area contributed by atoms with E-state index in [1.807, 2.05) is 0 Å². The maximum absolute atomic E-state index is 4.77. The van der Waals surface area contributed by atoms with Crippen molar-refractivity contribution in [3.8, 4) is 0 Å². The number of nitrogens with zero attached hydrogens (tertiary/aromatic N) is 4. The van der Waals surface area contributed by atoms with Gasteiger partial charge in [-0.1, -0.05) is 13.8 Å². The number of hydrogen-bond donors (Lipinski definition) is 1. The van der Waals surface area contributed by atoms with Crippen molar-refractivity contribution in [1.29, 1.82) is 0 Å². The van der Waals surface area contributed by atoms with Crippen molar-refractivity contribution < 1.29 is 0 Å². The van der Waals surface area contributed by atoms with Crippen molar-refractivity contribution in [3.63, 3.8) is 0 Å². The van der Waals surface area contributed by atoms with Crippen LogP contribution >= 0.6 is 0 Å². The molecule has 1 aliphatic rings. The van der Waals surface area contributed by atoms with Crippen LogP contribution in [0.25, 0.3) is 0 Å². The number of aromatic nitrogens is 2. The Hall–Kier alpha value is -1.36. The minimum absolute atomic E-state index is 0.565. The highest BCUT2D eigenvalue weighted by Crippen LogP contribution is 2.20. The molecule has 1 unspecified atom stereocenters. The second-order valence-corrected chi connectivity index (χ2v) is 5.98. The molecule has 5 nitrogen and oxygen atoms in total. The van der Waals surface area contributed by atoms with Crippen molar-refractivity contribution in [2.45, 2.75) is 46.1 Å². The first-order valence-electron chi connectivity index (χ1n) is 8.21. The van der Waals surface area contributed by atoms with Gasteiger partial charge in [0.25, 0.3) is 0 Å². The summed E-state index contributed by atoms with van der Waals surface area (Å²) in [6.45, 7) is 10.7. The highest BCUT2D eigenvalue weighted by molar-refractivity contribution is 5.50. The Kier molecular flexibility index (Phi) is 5.79. The van der Waals surface area contributed by atoms with Crippen LogP contribution in [0, 0.1) is 0 Å². The largest absolute Gasteiger partial charge is 0.370 e. The second-order valence-electron chi connectivity index (χ2n) is 5.98. The Morgan fingerprint density at radius 2 is 2.05 bits per heavy atom. The van der Waals surface area contributed by atoms with E-state index in [0.29, 0.717) is 6.04 Å². The van der Waals surface area contributed by atoms with Gasteiger partial charge in [-0.25, -0.2) is 9.97 Å². The van der Waals surface area contributed by atoms with Crippen molar-refractivity contribution in [2.24, 2.45) is 0 Å². The first kappa shape index (κ1) is 16.0. The van der Waals surface area contributed by atoms with E-state index in [1.165, 1.54) is 0 Å². The van der Waals surface area contributed by atoms with Crippen LogP contribution in [0.3, 0.4) is 0 Å².